The van der Waals surface area contributed by atoms with E-state index in [4.69, 9.17) is 5.26 Å². The van der Waals surface area contributed by atoms with Crippen molar-refractivity contribution in [1.29, 1.82) is 5.26 Å². The molecule has 0 saturated carbocycles. The number of amides is 1. The van der Waals surface area contributed by atoms with Gasteiger partial charge in [-0.25, -0.2) is 0 Å². The summed E-state index contributed by atoms with van der Waals surface area (Å²) >= 11 is 1.37. The summed E-state index contributed by atoms with van der Waals surface area (Å²) in [6.45, 7) is 6.61. The van der Waals surface area contributed by atoms with E-state index in [9.17, 15) is 4.79 Å². The van der Waals surface area contributed by atoms with E-state index < -0.39 is 0 Å². The molecule has 2 aromatic carbocycles. The average Bonchev–Trinajstić information content (AvgIpc) is 3.10. The third-order valence-electron chi connectivity index (χ3n) is 4.33. The molecule has 0 bridgehead atoms. The third-order valence-corrected chi connectivity index (χ3v) is 5.41. The van der Waals surface area contributed by atoms with Crippen LogP contribution in [0.25, 0.3) is 11.4 Å². The van der Waals surface area contributed by atoms with Gasteiger partial charge in [-0.1, -0.05) is 42.1 Å². The maximum Gasteiger partial charge on any atom is 0.237 e. The maximum atomic E-state index is 12.6. The standard InChI is InChI=1S/C21H21N5OS/c1-4-26-19(18-11-6-5-8-14(18)2)24-25-21(26)28-15(3)20(27)23-17-10-7-9-16(12-17)13-22/h5-12,15H,4H2,1-3H3,(H,23,27)/t15-/m0/s1. The molecule has 0 aliphatic carbocycles. The number of nitriles is 1. The van der Waals surface area contributed by atoms with E-state index in [-0.39, 0.29) is 11.2 Å². The number of nitrogens with one attached hydrogen (secondary N) is 1. The number of benzene rings is 2. The molecule has 1 heterocycles. The van der Waals surface area contributed by atoms with Gasteiger partial charge < -0.3 is 9.88 Å². The number of anilines is 1. The van der Waals surface area contributed by atoms with E-state index in [1.807, 2.05) is 49.6 Å². The molecule has 0 radical (unpaired) electrons. The van der Waals surface area contributed by atoms with Crippen molar-refractivity contribution >= 4 is 23.4 Å². The smallest absolute Gasteiger partial charge is 0.237 e. The van der Waals surface area contributed by atoms with E-state index in [1.165, 1.54) is 11.8 Å². The first-order valence-electron chi connectivity index (χ1n) is 9.00. The summed E-state index contributed by atoms with van der Waals surface area (Å²) in [5, 5.41) is 20.9. The van der Waals surface area contributed by atoms with Crippen LogP contribution in [-0.2, 0) is 11.3 Å². The zero-order valence-electron chi connectivity index (χ0n) is 16.0. The van der Waals surface area contributed by atoms with Gasteiger partial charge in [-0.3, -0.25) is 4.79 Å². The summed E-state index contributed by atoms with van der Waals surface area (Å²) in [5.41, 5.74) is 3.28. The molecule has 1 N–H and O–H groups in total. The van der Waals surface area contributed by atoms with Crippen LogP contribution in [0, 0.1) is 18.3 Å². The number of hydrogen-bond donors (Lipinski definition) is 1. The van der Waals surface area contributed by atoms with Gasteiger partial charge in [-0.15, -0.1) is 10.2 Å². The van der Waals surface area contributed by atoms with Crippen LogP contribution in [0.15, 0.2) is 53.7 Å². The molecule has 0 aliphatic rings. The molecule has 0 spiro atoms. The van der Waals surface area contributed by atoms with Gasteiger partial charge >= 0.3 is 0 Å². The first kappa shape index (κ1) is 19.6. The zero-order chi connectivity index (χ0) is 20.1. The highest BCUT2D eigenvalue weighted by Crippen LogP contribution is 2.28. The number of aromatic nitrogens is 3. The molecule has 3 aromatic rings. The molecule has 1 atom stereocenters. The number of carbonyl (C=O) groups excluding carboxylic acids is 1. The minimum Gasteiger partial charge on any atom is -0.325 e. The Morgan fingerprint density at radius 1 is 1.25 bits per heavy atom. The molecule has 1 aromatic heterocycles. The van der Waals surface area contributed by atoms with Gasteiger partial charge in [0.2, 0.25) is 5.91 Å². The van der Waals surface area contributed by atoms with Crippen LogP contribution in [0.4, 0.5) is 5.69 Å². The topological polar surface area (TPSA) is 83.6 Å². The Kier molecular flexibility index (Phi) is 6.12. The van der Waals surface area contributed by atoms with Crippen LogP contribution in [0.3, 0.4) is 0 Å². The zero-order valence-corrected chi connectivity index (χ0v) is 16.8. The number of aryl methyl sites for hydroxylation is 1. The second-order valence-corrected chi connectivity index (χ2v) is 7.62. The van der Waals surface area contributed by atoms with Gasteiger partial charge in [0.15, 0.2) is 11.0 Å². The van der Waals surface area contributed by atoms with Gasteiger partial charge in [0.25, 0.3) is 0 Å². The number of carbonyl (C=O) groups is 1. The highest BCUT2D eigenvalue weighted by atomic mass is 32.2. The molecule has 0 saturated heterocycles. The van der Waals surface area contributed by atoms with Crippen molar-refractivity contribution in [2.75, 3.05) is 5.32 Å². The number of thioether (sulfide) groups is 1. The third kappa shape index (κ3) is 4.24. The first-order chi connectivity index (χ1) is 13.5. The quantitative estimate of drug-likeness (QED) is 0.635. The van der Waals surface area contributed by atoms with Gasteiger partial charge in [-0.05, 0) is 44.5 Å². The van der Waals surface area contributed by atoms with E-state index in [1.54, 1.807) is 24.3 Å². The van der Waals surface area contributed by atoms with Crippen LogP contribution < -0.4 is 5.32 Å². The van der Waals surface area contributed by atoms with Crippen LogP contribution in [-0.4, -0.2) is 25.9 Å². The normalized spacial score (nSPS) is 11.6. The van der Waals surface area contributed by atoms with Crippen molar-refractivity contribution in [1.82, 2.24) is 14.8 Å². The second-order valence-electron chi connectivity index (χ2n) is 6.31. The number of hydrogen-bond acceptors (Lipinski definition) is 5. The van der Waals surface area contributed by atoms with Gasteiger partial charge in [0.1, 0.15) is 0 Å². The van der Waals surface area contributed by atoms with Crippen molar-refractivity contribution in [3.05, 3.63) is 59.7 Å². The molecule has 0 unspecified atom stereocenters. The molecular formula is C21H21N5OS. The van der Waals surface area contributed by atoms with Crippen LogP contribution in [0.1, 0.15) is 25.0 Å². The molecule has 142 valence electrons. The molecule has 28 heavy (non-hydrogen) atoms. The summed E-state index contributed by atoms with van der Waals surface area (Å²) < 4.78 is 2.02. The Morgan fingerprint density at radius 2 is 2.04 bits per heavy atom. The Hall–Kier alpha value is -3.11. The lowest BCUT2D eigenvalue weighted by Crippen LogP contribution is -2.23. The lowest BCUT2D eigenvalue weighted by atomic mass is 10.1. The minimum atomic E-state index is -0.370. The number of rotatable bonds is 6. The van der Waals surface area contributed by atoms with Crippen LogP contribution in [0.5, 0.6) is 0 Å². The largest absolute Gasteiger partial charge is 0.325 e. The lowest BCUT2D eigenvalue weighted by Gasteiger charge is -2.13. The fourth-order valence-corrected chi connectivity index (χ4v) is 3.72. The summed E-state index contributed by atoms with van der Waals surface area (Å²) in [7, 11) is 0. The second kappa shape index (κ2) is 8.72. The van der Waals surface area contributed by atoms with Crippen LogP contribution in [0.2, 0.25) is 0 Å². The van der Waals surface area contributed by atoms with Gasteiger partial charge in [0.05, 0.1) is 16.9 Å². The van der Waals surface area contributed by atoms with E-state index in [0.29, 0.717) is 23.0 Å². The molecule has 0 fully saturated rings. The SMILES string of the molecule is CCn1c(S[C@@H](C)C(=O)Nc2cccc(C#N)c2)nnc1-c1ccccc1C. The fourth-order valence-electron chi connectivity index (χ4n) is 2.81. The fraction of sp³-hybridized carbons (Fsp3) is 0.238. The Labute approximate surface area is 168 Å². The molecule has 1 amide bonds. The first-order valence-corrected chi connectivity index (χ1v) is 9.88. The van der Waals surface area contributed by atoms with Crippen molar-refractivity contribution < 1.29 is 4.79 Å². The maximum absolute atomic E-state index is 12.6. The Balaban J connectivity index is 1.77. The molecule has 3 rings (SSSR count). The van der Waals surface area contributed by atoms with Crippen LogP contribution >= 0.6 is 11.8 Å². The summed E-state index contributed by atoms with van der Waals surface area (Å²) in [6, 6.07) is 17.0. The Bertz CT molecular complexity index is 1040. The van der Waals surface area contributed by atoms with E-state index in [2.05, 4.69) is 21.6 Å². The van der Waals surface area contributed by atoms with Gasteiger partial charge in [-0.2, -0.15) is 5.26 Å². The predicted octanol–water partition coefficient (Wildman–Crippen LogP) is 4.26. The van der Waals surface area contributed by atoms with Crippen molar-refractivity contribution in [2.45, 2.75) is 37.7 Å². The lowest BCUT2D eigenvalue weighted by molar-refractivity contribution is -0.115. The van der Waals surface area contributed by atoms with Crippen molar-refractivity contribution in [3.8, 4) is 17.5 Å². The summed E-state index contributed by atoms with van der Waals surface area (Å²) in [6.07, 6.45) is 0. The van der Waals surface area contributed by atoms with Crippen molar-refractivity contribution in [3.63, 3.8) is 0 Å². The van der Waals surface area contributed by atoms with Crippen molar-refractivity contribution in [2.24, 2.45) is 0 Å². The molecule has 7 heteroatoms. The van der Waals surface area contributed by atoms with E-state index in [0.717, 1.165) is 17.0 Å². The minimum absolute atomic E-state index is 0.150. The molecule has 6 nitrogen and oxygen atoms in total. The highest BCUT2D eigenvalue weighted by Gasteiger charge is 2.21. The van der Waals surface area contributed by atoms with Gasteiger partial charge in [0, 0.05) is 17.8 Å². The number of nitrogens with zero attached hydrogens (tertiary/aromatic N) is 4. The average molecular weight is 392 g/mol. The molecular weight excluding hydrogens is 370 g/mol. The summed E-state index contributed by atoms with van der Waals surface area (Å²) in [5.74, 6) is 0.653. The van der Waals surface area contributed by atoms with E-state index >= 15 is 0 Å². The summed E-state index contributed by atoms with van der Waals surface area (Å²) in [4.78, 5) is 12.6. The highest BCUT2D eigenvalue weighted by molar-refractivity contribution is 8.00. The predicted molar refractivity (Wildman–Crippen MR) is 111 cm³/mol. The molecule has 0 aliphatic heterocycles. The monoisotopic (exact) mass is 391 g/mol. The Morgan fingerprint density at radius 3 is 2.75 bits per heavy atom.